The first-order valence-electron chi connectivity index (χ1n) is 8.32. The van der Waals surface area contributed by atoms with Crippen molar-refractivity contribution in [3.05, 3.63) is 11.8 Å². The van der Waals surface area contributed by atoms with Crippen molar-refractivity contribution in [3.63, 3.8) is 0 Å². The van der Waals surface area contributed by atoms with Crippen molar-refractivity contribution in [1.29, 1.82) is 0 Å². The molecule has 1 aliphatic rings. The number of sulfonamides is 1. The van der Waals surface area contributed by atoms with Crippen LogP contribution in [0.1, 0.15) is 53.2 Å². The van der Waals surface area contributed by atoms with Crippen molar-refractivity contribution in [2.75, 3.05) is 18.5 Å². The molecule has 1 aliphatic heterocycles. The average molecular weight is 373 g/mol. The van der Waals surface area contributed by atoms with Gasteiger partial charge < -0.3 is 14.6 Å². The van der Waals surface area contributed by atoms with Gasteiger partial charge in [-0.1, -0.05) is 25.9 Å². The number of hydrogen-bond donors (Lipinski definition) is 2. The van der Waals surface area contributed by atoms with E-state index in [0.29, 0.717) is 31.8 Å². The zero-order valence-corrected chi connectivity index (χ0v) is 16.2. The van der Waals surface area contributed by atoms with Crippen LogP contribution in [-0.2, 0) is 25.0 Å². The first-order valence-corrected chi connectivity index (χ1v) is 9.80. The van der Waals surface area contributed by atoms with E-state index in [0.717, 1.165) is 0 Å². The van der Waals surface area contributed by atoms with Crippen molar-refractivity contribution in [3.8, 4) is 0 Å². The quantitative estimate of drug-likeness (QED) is 0.814. The maximum atomic E-state index is 12.7. The zero-order valence-electron chi connectivity index (χ0n) is 15.4. The SMILES string of the molecule is CC(C)(C)c1cc(NC(=O)C(C)(C)S(=O)(=O)NC2CCOCC2)no1. The maximum Gasteiger partial charge on any atom is 0.247 e. The van der Waals surface area contributed by atoms with Gasteiger partial charge in [0, 0.05) is 30.7 Å². The molecular weight excluding hydrogens is 346 g/mol. The summed E-state index contributed by atoms with van der Waals surface area (Å²) < 4.78 is 36.7. The number of hydrogen-bond acceptors (Lipinski definition) is 6. The fourth-order valence-electron chi connectivity index (χ4n) is 2.26. The number of aromatic nitrogens is 1. The Morgan fingerprint density at radius 1 is 1.20 bits per heavy atom. The number of ether oxygens (including phenoxy) is 1. The number of nitrogens with zero attached hydrogens (tertiary/aromatic N) is 1. The Balaban J connectivity index is 2.09. The molecule has 0 saturated carbocycles. The topological polar surface area (TPSA) is 111 Å². The molecule has 0 aromatic carbocycles. The summed E-state index contributed by atoms with van der Waals surface area (Å²) in [6.45, 7) is 9.61. The monoisotopic (exact) mass is 373 g/mol. The Labute approximate surface area is 148 Å². The lowest BCUT2D eigenvalue weighted by Gasteiger charge is -2.29. The van der Waals surface area contributed by atoms with E-state index in [1.807, 2.05) is 20.8 Å². The molecule has 2 N–H and O–H groups in total. The molecule has 0 radical (unpaired) electrons. The van der Waals surface area contributed by atoms with E-state index < -0.39 is 20.7 Å². The Morgan fingerprint density at radius 2 is 1.80 bits per heavy atom. The molecule has 1 saturated heterocycles. The highest BCUT2D eigenvalue weighted by atomic mass is 32.2. The van der Waals surface area contributed by atoms with Gasteiger partial charge >= 0.3 is 0 Å². The third-order valence-corrected chi connectivity index (χ3v) is 6.43. The molecule has 142 valence electrons. The third kappa shape index (κ3) is 4.59. The molecule has 9 heteroatoms. The van der Waals surface area contributed by atoms with E-state index in [1.165, 1.54) is 13.8 Å². The molecule has 0 aliphatic carbocycles. The molecule has 8 nitrogen and oxygen atoms in total. The second-order valence-electron chi connectivity index (χ2n) is 7.80. The van der Waals surface area contributed by atoms with Gasteiger partial charge in [-0.25, -0.2) is 13.1 Å². The van der Waals surface area contributed by atoms with Crippen molar-refractivity contribution >= 4 is 21.7 Å². The summed E-state index contributed by atoms with van der Waals surface area (Å²) in [4.78, 5) is 12.5. The van der Waals surface area contributed by atoms with Crippen LogP contribution >= 0.6 is 0 Å². The number of anilines is 1. The van der Waals surface area contributed by atoms with E-state index in [1.54, 1.807) is 6.07 Å². The summed E-state index contributed by atoms with van der Waals surface area (Å²) >= 11 is 0. The first-order chi connectivity index (χ1) is 11.4. The standard InChI is InChI=1S/C16H27N3O5S/c1-15(2,3)12-10-13(18-24-12)17-14(20)16(4,5)25(21,22)19-11-6-8-23-9-7-11/h10-11,19H,6-9H2,1-5H3,(H,17,18,20). The molecular formula is C16H27N3O5S. The van der Waals surface area contributed by atoms with Crippen LogP contribution < -0.4 is 10.0 Å². The van der Waals surface area contributed by atoms with E-state index in [9.17, 15) is 13.2 Å². The zero-order chi connectivity index (χ0) is 18.9. The maximum absolute atomic E-state index is 12.7. The lowest BCUT2D eigenvalue weighted by molar-refractivity contribution is -0.117. The molecule has 2 heterocycles. The minimum atomic E-state index is -3.88. The van der Waals surface area contributed by atoms with Crippen LogP contribution in [0.5, 0.6) is 0 Å². The Morgan fingerprint density at radius 3 is 2.32 bits per heavy atom. The van der Waals surface area contributed by atoms with Gasteiger partial charge in [0.2, 0.25) is 15.9 Å². The Hall–Kier alpha value is -1.45. The van der Waals surface area contributed by atoms with Gasteiger partial charge in [0.1, 0.15) is 5.76 Å². The van der Waals surface area contributed by atoms with Gasteiger partial charge in [-0.05, 0) is 26.7 Å². The summed E-state index contributed by atoms with van der Waals surface area (Å²) in [5.74, 6) is 0.133. The minimum Gasteiger partial charge on any atom is -0.381 e. The predicted octanol–water partition coefficient (Wildman–Crippen LogP) is 1.79. The Kier molecular flexibility index (Phi) is 5.60. The lowest BCUT2D eigenvalue weighted by Crippen LogP contribution is -2.53. The fourth-order valence-corrected chi connectivity index (χ4v) is 3.52. The van der Waals surface area contributed by atoms with E-state index >= 15 is 0 Å². The highest BCUT2D eigenvalue weighted by Gasteiger charge is 2.43. The van der Waals surface area contributed by atoms with Crippen LogP contribution in [0.25, 0.3) is 0 Å². The second kappa shape index (κ2) is 7.05. The molecule has 0 atom stereocenters. The van der Waals surface area contributed by atoms with Gasteiger partial charge in [0.25, 0.3) is 0 Å². The number of rotatable bonds is 5. The van der Waals surface area contributed by atoms with E-state index in [-0.39, 0.29) is 17.3 Å². The molecule has 1 aromatic heterocycles. The molecule has 0 unspecified atom stereocenters. The van der Waals surface area contributed by atoms with Gasteiger partial charge in [-0.2, -0.15) is 0 Å². The summed E-state index contributed by atoms with van der Waals surface area (Å²) in [5.41, 5.74) is -0.262. The number of carbonyl (C=O) groups excluding carboxylic acids is 1. The van der Waals surface area contributed by atoms with Crippen LogP contribution in [0, 0.1) is 0 Å². The molecule has 1 aromatic rings. The molecule has 1 amide bonds. The van der Waals surface area contributed by atoms with Crippen molar-refractivity contribution in [1.82, 2.24) is 9.88 Å². The number of nitrogens with one attached hydrogen (secondary N) is 2. The largest absolute Gasteiger partial charge is 0.381 e. The molecule has 0 bridgehead atoms. The number of carbonyl (C=O) groups is 1. The molecule has 2 rings (SSSR count). The summed E-state index contributed by atoms with van der Waals surface area (Å²) in [5, 5.41) is 6.33. The van der Waals surface area contributed by atoms with Crippen molar-refractivity contribution < 1.29 is 22.5 Å². The first kappa shape index (κ1) is 19.9. The van der Waals surface area contributed by atoms with Crippen molar-refractivity contribution in [2.45, 2.75) is 63.7 Å². The van der Waals surface area contributed by atoms with Crippen LogP contribution in [0.4, 0.5) is 5.82 Å². The van der Waals surface area contributed by atoms with E-state index in [2.05, 4.69) is 15.2 Å². The van der Waals surface area contributed by atoms with Crippen LogP contribution in [0.15, 0.2) is 10.6 Å². The van der Waals surface area contributed by atoms with Gasteiger partial charge in [0.15, 0.2) is 10.6 Å². The summed E-state index contributed by atoms with van der Waals surface area (Å²) in [7, 11) is -3.88. The minimum absolute atomic E-state index is 0.198. The van der Waals surface area contributed by atoms with E-state index in [4.69, 9.17) is 9.26 Å². The van der Waals surface area contributed by atoms with Crippen LogP contribution in [0.3, 0.4) is 0 Å². The summed E-state index contributed by atoms with van der Waals surface area (Å²) in [6.07, 6.45) is 1.18. The highest BCUT2D eigenvalue weighted by molar-refractivity contribution is 7.91. The van der Waals surface area contributed by atoms with Crippen molar-refractivity contribution in [2.24, 2.45) is 0 Å². The van der Waals surface area contributed by atoms with Crippen LogP contribution in [0.2, 0.25) is 0 Å². The average Bonchev–Trinajstić information content (AvgIpc) is 2.96. The normalized spacial score (nSPS) is 17.5. The van der Waals surface area contributed by atoms with Gasteiger partial charge in [0.05, 0.1) is 0 Å². The molecule has 25 heavy (non-hydrogen) atoms. The fraction of sp³-hybridized carbons (Fsp3) is 0.750. The Bertz CT molecular complexity index is 712. The van der Waals surface area contributed by atoms with Gasteiger partial charge in [-0.3, -0.25) is 4.79 Å². The second-order valence-corrected chi connectivity index (χ2v) is 10.1. The predicted molar refractivity (Wildman–Crippen MR) is 93.8 cm³/mol. The smallest absolute Gasteiger partial charge is 0.247 e. The summed E-state index contributed by atoms with van der Waals surface area (Å²) in [6, 6.07) is 1.39. The van der Waals surface area contributed by atoms with Crippen LogP contribution in [-0.4, -0.2) is 43.5 Å². The molecule has 1 fully saturated rings. The number of amides is 1. The van der Waals surface area contributed by atoms with Gasteiger partial charge in [-0.15, -0.1) is 0 Å². The lowest BCUT2D eigenvalue weighted by atomic mass is 9.93. The molecule has 0 spiro atoms. The third-order valence-electron chi connectivity index (χ3n) is 4.25. The highest BCUT2D eigenvalue weighted by Crippen LogP contribution is 2.26.